The number of rotatable bonds is 3. The van der Waals surface area contributed by atoms with Gasteiger partial charge in [-0.15, -0.1) is 0 Å². The zero-order valence-corrected chi connectivity index (χ0v) is 13.1. The van der Waals surface area contributed by atoms with Crippen LogP contribution in [0.1, 0.15) is 57.8 Å². The van der Waals surface area contributed by atoms with Crippen molar-refractivity contribution in [2.45, 2.75) is 76.2 Å². The Bertz CT molecular complexity index is 302. The van der Waals surface area contributed by atoms with Crippen molar-refractivity contribution in [1.29, 1.82) is 0 Å². The van der Waals surface area contributed by atoms with Gasteiger partial charge in [0.05, 0.1) is 18.4 Å². The maximum Gasteiger partial charge on any atom is 0.0789 e. The van der Waals surface area contributed by atoms with Crippen molar-refractivity contribution in [2.75, 3.05) is 13.1 Å². The van der Waals surface area contributed by atoms with Crippen LogP contribution in [0.25, 0.3) is 0 Å². The number of aliphatic hydroxyl groups is 2. The lowest BCUT2D eigenvalue weighted by atomic mass is 9.74. The second-order valence-electron chi connectivity index (χ2n) is 7.64. The summed E-state index contributed by atoms with van der Waals surface area (Å²) >= 11 is 0. The highest BCUT2D eigenvalue weighted by Crippen LogP contribution is 2.37. The Balaban J connectivity index is 1.37. The average Bonchev–Trinajstić information content (AvgIpc) is 2.51. The Labute approximate surface area is 128 Å². The molecule has 4 N–H and O–H groups in total. The third-order valence-corrected chi connectivity index (χ3v) is 5.99. The standard InChI is InChI=1S/C17H32N2O2/c20-15-7-3-13(4-8-15)9-12-1-5-14(6-2-12)17-18-10-16(21)11-19-17/h12-21H,1-11H2. The lowest BCUT2D eigenvalue weighted by Gasteiger charge is -2.39. The highest BCUT2D eigenvalue weighted by Gasteiger charge is 2.31. The van der Waals surface area contributed by atoms with E-state index in [0.717, 1.165) is 43.7 Å². The minimum absolute atomic E-state index is 0.0178. The quantitative estimate of drug-likeness (QED) is 0.639. The summed E-state index contributed by atoms with van der Waals surface area (Å²) in [7, 11) is 0. The first kappa shape index (κ1) is 15.7. The summed E-state index contributed by atoms with van der Waals surface area (Å²) in [5.74, 6) is 2.52. The Morgan fingerprint density at radius 2 is 1.19 bits per heavy atom. The molecule has 4 nitrogen and oxygen atoms in total. The fourth-order valence-corrected chi connectivity index (χ4v) is 4.61. The third-order valence-electron chi connectivity index (χ3n) is 5.99. The van der Waals surface area contributed by atoms with E-state index in [2.05, 4.69) is 10.6 Å². The van der Waals surface area contributed by atoms with Crippen LogP contribution in [-0.4, -0.2) is 41.7 Å². The van der Waals surface area contributed by atoms with E-state index in [0.29, 0.717) is 6.17 Å². The number of nitrogens with one attached hydrogen (secondary N) is 2. The molecular weight excluding hydrogens is 264 g/mol. The number of hydrogen-bond donors (Lipinski definition) is 4. The molecule has 0 aromatic carbocycles. The summed E-state index contributed by atoms with van der Waals surface area (Å²) in [5, 5.41) is 26.0. The molecule has 2 aliphatic carbocycles. The number of aliphatic hydroxyl groups excluding tert-OH is 2. The molecule has 21 heavy (non-hydrogen) atoms. The van der Waals surface area contributed by atoms with E-state index in [-0.39, 0.29) is 12.2 Å². The van der Waals surface area contributed by atoms with Crippen molar-refractivity contribution in [1.82, 2.24) is 10.6 Å². The highest BCUT2D eigenvalue weighted by molar-refractivity contribution is 4.86. The molecule has 0 bridgehead atoms. The Kier molecular flexibility index (Phi) is 5.54. The van der Waals surface area contributed by atoms with Crippen LogP contribution in [-0.2, 0) is 0 Å². The van der Waals surface area contributed by atoms with Gasteiger partial charge in [0, 0.05) is 13.1 Å². The van der Waals surface area contributed by atoms with Crippen LogP contribution in [0.5, 0.6) is 0 Å². The fourth-order valence-electron chi connectivity index (χ4n) is 4.61. The van der Waals surface area contributed by atoms with Crippen LogP contribution >= 0.6 is 0 Å². The molecule has 4 heteroatoms. The van der Waals surface area contributed by atoms with Gasteiger partial charge in [0.15, 0.2) is 0 Å². The normalized spacial score (nSPS) is 45.4. The Morgan fingerprint density at radius 1 is 0.667 bits per heavy atom. The molecule has 0 radical (unpaired) electrons. The maximum atomic E-state index is 9.60. The predicted molar refractivity (Wildman–Crippen MR) is 83.8 cm³/mol. The zero-order valence-electron chi connectivity index (χ0n) is 13.1. The van der Waals surface area contributed by atoms with E-state index < -0.39 is 0 Å². The van der Waals surface area contributed by atoms with Crippen LogP contribution in [0.2, 0.25) is 0 Å². The molecule has 122 valence electrons. The van der Waals surface area contributed by atoms with Gasteiger partial charge in [-0.1, -0.05) is 12.8 Å². The smallest absolute Gasteiger partial charge is 0.0789 e. The Morgan fingerprint density at radius 3 is 1.76 bits per heavy atom. The van der Waals surface area contributed by atoms with Crippen molar-refractivity contribution in [2.24, 2.45) is 17.8 Å². The SMILES string of the molecule is OC1CCC(CC2CCC(C3NCC(O)CN3)CC2)CC1. The first-order valence-electron chi connectivity index (χ1n) is 9.03. The molecule has 0 spiro atoms. The van der Waals surface area contributed by atoms with Gasteiger partial charge in [-0.05, 0) is 62.7 Å². The van der Waals surface area contributed by atoms with Crippen molar-refractivity contribution in [3.8, 4) is 0 Å². The van der Waals surface area contributed by atoms with Gasteiger partial charge in [0.25, 0.3) is 0 Å². The van der Waals surface area contributed by atoms with Crippen molar-refractivity contribution in [3.63, 3.8) is 0 Å². The first-order valence-corrected chi connectivity index (χ1v) is 9.03. The summed E-state index contributed by atoms with van der Waals surface area (Å²) in [6.07, 6.45) is 11.5. The molecule has 3 fully saturated rings. The monoisotopic (exact) mass is 296 g/mol. The van der Waals surface area contributed by atoms with E-state index in [1.165, 1.54) is 44.9 Å². The zero-order chi connectivity index (χ0) is 14.7. The van der Waals surface area contributed by atoms with E-state index >= 15 is 0 Å². The summed E-state index contributed by atoms with van der Waals surface area (Å²) < 4.78 is 0. The molecule has 0 amide bonds. The minimum atomic E-state index is -0.223. The van der Waals surface area contributed by atoms with Gasteiger partial charge >= 0.3 is 0 Å². The van der Waals surface area contributed by atoms with Gasteiger partial charge in [-0.3, -0.25) is 10.6 Å². The topological polar surface area (TPSA) is 64.5 Å². The van der Waals surface area contributed by atoms with Crippen LogP contribution in [0, 0.1) is 17.8 Å². The molecule has 0 aromatic rings. The average molecular weight is 296 g/mol. The van der Waals surface area contributed by atoms with Crippen LogP contribution in [0.15, 0.2) is 0 Å². The number of hydrogen-bond acceptors (Lipinski definition) is 4. The molecule has 1 aliphatic heterocycles. The van der Waals surface area contributed by atoms with Crippen molar-refractivity contribution < 1.29 is 10.2 Å². The summed E-state index contributed by atoms with van der Waals surface area (Å²) in [6.45, 7) is 1.48. The highest BCUT2D eigenvalue weighted by atomic mass is 16.3. The molecule has 1 heterocycles. The molecule has 3 rings (SSSR count). The van der Waals surface area contributed by atoms with Gasteiger partial charge < -0.3 is 10.2 Å². The second kappa shape index (κ2) is 7.40. The molecule has 0 aromatic heterocycles. The largest absolute Gasteiger partial charge is 0.393 e. The molecule has 2 saturated carbocycles. The second-order valence-corrected chi connectivity index (χ2v) is 7.64. The third kappa shape index (κ3) is 4.41. The van der Waals surface area contributed by atoms with E-state index in [1.807, 2.05) is 0 Å². The lowest BCUT2D eigenvalue weighted by Crippen LogP contribution is -2.58. The van der Waals surface area contributed by atoms with Crippen LogP contribution in [0.4, 0.5) is 0 Å². The number of β-amino-alcohol motifs (C(OH)–C–C–N with tert-alkyl or cyclic N) is 1. The van der Waals surface area contributed by atoms with Crippen molar-refractivity contribution >= 4 is 0 Å². The summed E-state index contributed by atoms with van der Waals surface area (Å²) in [5.41, 5.74) is 0. The summed E-state index contributed by atoms with van der Waals surface area (Å²) in [4.78, 5) is 0. The maximum absolute atomic E-state index is 9.60. The molecule has 1 saturated heterocycles. The van der Waals surface area contributed by atoms with Gasteiger partial charge in [-0.2, -0.15) is 0 Å². The van der Waals surface area contributed by atoms with Gasteiger partial charge in [0.2, 0.25) is 0 Å². The van der Waals surface area contributed by atoms with E-state index in [9.17, 15) is 10.2 Å². The fraction of sp³-hybridized carbons (Fsp3) is 1.00. The lowest BCUT2D eigenvalue weighted by molar-refractivity contribution is 0.0838. The Hall–Kier alpha value is -0.160. The minimum Gasteiger partial charge on any atom is -0.393 e. The molecule has 3 aliphatic rings. The van der Waals surface area contributed by atoms with E-state index in [4.69, 9.17) is 0 Å². The van der Waals surface area contributed by atoms with E-state index in [1.54, 1.807) is 0 Å². The first-order chi connectivity index (χ1) is 10.2. The van der Waals surface area contributed by atoms with Crippen LogP contribution < -0.4 is 10.6 Å². The van der Waals surface area contributed by atoms with Crippen molar-refractivity contribution in [3.05, 3.63) is 0 Å². The van der Waals surface area contributed by atoms with Crippen LogP contribution in [0.3, 0.4) is 0 Å². The molecule has 0 unspecified atom stereocenters. The predicted octanol–water partition coefficient (Wildman–Crippen LogP) is 1.61. The van der Waals surface area contributed by atoms with Gasteiger partial charge in [0.1, 0.15) is 0 Å². The molecular formula is C17H32N2O2. The molecule has 0 atom stereocenters. The summed E-state index contributed by atoms with van der Waals surface area (Å²) in [6, 6.07) is 0. The van der Waals surface area contributed by atoms with Gasteiger partial charge in [-0.25, -0.2) is 0 Å².